The van der Waals surface area contributed by atoms with Crippen molar-refractivity contribution >= 4 is 11.9 Å². The quantitative estimate of drug-likeness (QED) is 0.752. The second kappa shape index (κ2) is 7.63. The van der Waals surface area contributed by atoms with Crippen molar-refractivity contribution in [1.82, 2.24) is 15.0 Å². The summed E-state index contributed by atoms with van der Waals surface area (Å²) in [5.74, 6) is 0.723. The number of nitrogens with zero attached hydrogens (tertiary/aromatic N) is 4. The minimum absolute atomic E-state index is 0.135. The monoisotopic (exact) mass is 338 g/mol. The number of aromatic nitrogens is 3. The molecule has 8 heteroatoms. The lowest BCUT2D eigenvalue weighted by molar-refractivity contribution is -0.156. The van der Waals surface area contributed by atoms with E-state index < -0.39 is 5.60 Å². The van der Waals surface area contributed by atoms with Gasteiger partial charge in [0, 0.05) is 19.5 Å². The third kappa shape index (κ3) is 5.21. The first-order chi connectivity index (χ1) is 11.3. The minimum atomic E-state index is -0.435. The summed E-state index contributed by atoms with van der Waals surface area (Å²) in [5, 5.41) is 0. The minimum Gasteiger partial charge on any atom is -0.467 e. The molecule has 2 rings (SSSR count). The van der Waals surface area contributed by atoms with Crippen LogP contribution in [0.2, 0.25) is 0 Å². The number of anilines is 1. The highest BCUT2D eigenvalue weighted by molar-refractivity contribution is 5.70. The first-order valence-corrected chi connectivity index (χ1v) is 8.11. The normalized spacial score (nSPS) is 16.0. The Labute approximate surface area is 142 Å². The Bertz CT molecular complexity index is 543. The molecule has 0 N–H and O–H groups in total. The zero-order chi connectivity index (χ0) is 17.7. The van der Waals surface area contributed by atoms with Crippen molar-refractivity contribution in [1.29, 1.82) is 0 Å². The first-order valence-electron chi connectivity index (χ1n) is 8.11. The molecule has 0 unspecified atom stereocenters. The Morgan fingerprint density at radius 1 is 1.08 bits per heavy atom. The van der Waals surface area contributed by atoms with E-state index in [0.29, 0.717) is 18.3 Å². The highest BCUT2D eigenvalue weighted by Crippen LogP contribution is 2.25. The summed E-state index contributed by atoms with van der Waals surface area (Å²) in [6.07, 6.45) is 2.22. The molecule has 0 bridgehead atoms. The van der Waals surface area contributed by atoms with Gasteiger partial charge in [0.2, 0.25) is 5.95 Å². The molecule has 0 spiro atoms. The Morgan fingerprint density at radius 3 is 2.08 bits per heavy atom. The SMILES string of the molecule is COc1nc(OC)nc(N2CCC(CC(=O)OC(C)(C)C)CC2)n1. The largest absolute Gasteiger partial charge is 0.467 e. The molecule has 0 radical (unpaired) electrons. The zero-order valence-corrected chi connectivity index (χ0v) is 15.0. The van der Waals surface area contributed by atoms with Crippen molar-refractivity contribution < 1.29 is 19.0 Å². The van der Waals surface area contributed by atoms with Crippen LogP contribution in [-0.2, 0) is 9.53 Å². The van der Waals surface area contributed by atoms with Gasteiger partial charge in [0.1, 0.15) is 5.60 Å². The van der Waals surface area contributed by atoms with Crippen molar-refractivity contribution in [3.63, 3.8) is 0 Å². The third-order valence-electron chi connectivity index (χ3n) is 3.72. The summed E-state index contributed by atoms with van der Waals surface area (Å²) in [4.78, 5) is 26.5. The Balaban J connectivity index is 1.92. The maximum atomic E-state index is 11.9. The van der Waals surface area contributed by atoms with E-state index in [1.807, 2.05) is 20.8 Å². The molecule has 1 fully saturated rings. The lowest BCUT2D eigenvalue weighted by Crippen LogP contribution is -2.36. The van der Waals surface area contributed by atoms with Crippen LogP contribution in [0, 0.1) is 5.92 Å². The van der Waals surface area contributed by atoms with Crippen LogP contribution in [0.25, 0.3) is 0 Å². The van der Waals surface area contributed by atoms with E-state index in [0.717, 1.165) is 25.9 Å². The van der Waals surface area contributed by atoms with Gasteiger partial charge in [-0.15, -0.1) is 4.98 Å². The number of esters is 1. The van der Waals surface area contributed by atoms with Crippen LogP contribution in [0.3, 0.4) is 0 Å². The molecule has 1 aliphatic heterocycles. The van der Waals surface area contributed by atoms with Crippen molar-refractivity contribution in [2.75, 3.05) is 32.2 Å². The predicted molar refractivity (Wildman–Crippen MR) is 88.3 cm³/mol. The van der Waals surface area contributed by atoms with Crippen LogP contribution < -0.4 is 14.4 Å². The average molecular weight is 338 g/mol. The summed E-state index contributed by atoms with van der Waals surface area (Å²) in [7, 11) is 3.01. The van der Waals surface area contributed by atoms with Crippen molar-refractivity contribution in [3.8, 4) is 12.0 Å². The average Bonchev–Trinajstić information content (AvgIpc) is 2.53. The molecule has 0 amide bonds. The number of hydrogen-bond donors (Lipinski definition) is 0. The van der Waals surface area contributed by atoms with Crippen LogP contribution in [-0.4, -0.2) is 53.8 Å². The van der Waals surface area contributed by atoms with E-state index in [1.165, 1.54) is 14.2 Å². The van der Waals surface area contributed by atoms with Crippen LogP contribution in [0.5, 0.6) is 12.0 Å². The van der Waals surface area contributed by atoms with E-state index in [2.05, 4.69) is 19.9 Å². The molecule has 0 aliphatic carbocycles. The fraction of sp³-hybridized carbons (Fsp3) is 0.750. The molecular formula is C16H26N4O4. The van der Waals surface area contributed by atoms with E-state index in [4.69, 9.17) is 14.2 Å². The molecule has 2 heterocycles. The molecule has 0 aromatic carbocycles. The van der Waals surface area contributed by atoms with Gasteiger partial charge in [-0.3, -0.25) is 4.79 Å². The smallest absolute Gasteiger partial charge is 0.324 e. The number of rotatable bonds is 5. The molecule has 1 saturated heterocycles. The van der Waals surface area contributed by atoms with E-state index in [-0.39, 0.29) is 18.0 Å². The van der Waals surface area contributed by atoms with Crippen LogP contribution >= 0.6 is 0 Å². The molecule has 0 atom stereocenters. The van der Waals surface area contributed by atoms with Gasteiger partial charge in [0.05, 0.1) is 14.2 Å². The maximum absolute atomic E-state index is 11.9. The fourth-order valence-electron chi connectivity index (χ4n) is 2.61. The van der Waals surface area contributed by atoms with Gasteiger partial charge in [-0.2, -0.15) is 9.97 Å². The summed E-state index contributed by atoms with van der Waals surface area (Å²) in [5.41, 5.74) is -0.435. The lowest BCUT2D eigenvalue weighted by atomic mass is 9.93. The number of methoxy groups -OCH3 is 2. The molecule has 1 aromatic heterocycles. The van der Waals surface area contributed by atoms with Gasteiger partial charge in [-0.1, -0.05) is 0 Å². The van der Waals surface area contributed by atoms with Crippen LogP contribution in [0.1, 0.15) is 40.0 Å². The number of ether oxygens (including phenoxy) is 3. The number of piperidine rings is 1. The van der Waals surface area contributed by atoms with Gasteiger partial charge < -0.3 is 19.1 Å². The van der Waals surface area contributed by atoms with Gasteiger partial charge in [-0.25, -0.2) is 0 Å². The summed E-state index contributed by atoms with van der Waals surface area (Å²) in [6, 6.07) is 0.459. The third-order valence-corrected chi connectivity index (χ3v) is 3.72. The molecule has 24 heavy (non-hydrogen) atoms. The van der Waals surface area contributed by atoms with Crippen LogP contribution in [0.4, 0.5) is 5.95 Å². The number of carbonyl (C=O) groups excluding carboxylic acids is 1. The highest BCUT2D eigenvalue weighted by Gasteiger charge is 2.26. The molecule has 134 valence electrons. The Hall–Kier alpha value is -2.12. The van der Waals surface area contributed by atoms with Crippen molar-refractivity contribution in [2.45, 2.75) is 45.6 Å². The molecule has 1 aliphatic rings. The highest BCUT2D eigenvalue weighted by atomic mass is 16.6. The van der Waals surface area contributed by atoms with Crippen LogP contribution in [0.15, 0.2) is 0 Å². The topological polar surface area (TPSA) is 86.7 Å². The zero-order valence-electron chi connectivity index (χ0n) is 15.0. The first kappa shape index (κ1) is 18.2. The Kier molecular flexibility index (Phi) is 5.80. The Morgan fingerprint density at radius 2 is 1.62 bits per heavy atom. The van der Waals surface area contributed by atoms with Crippen molar-refractivity contribution in [2.24, 2.45) is 5.92 Å². The van der Waals surface area contributed by atoms with Gasteiger partial charge >= 0.3 is 18.0 Å². The lowest BCUT2D eigenvalue weighted by Gasteiger charge is -2.32. The maximum Gasteiger partial charge on any atom is 0.324 e. The number of carbonyl (C=O) groups is 1. The molecular weight excluding hydrogens is 312 g/mol. The second-order valence-corrected chi connectivity index (χ2v) is 6.83. The number of hydrogen-bond acceptors (Lipinski definition) is 8. The van der Waals surface area contributed by atoms with Gasteiger partial charge in [0.25, 0.3) is 0 Å². The predicted octanol–water partition coefficient (Wildman–Crippen LogP) is 1.84. The van der Waals surface area contributed by atoms with Gasteiger partial charge in [0.15, 0.2) is 0 Å². The van der Waals surface area contributed by atoms with Gasteiger partial charge in [-0.05, 0) is 39.5 Å². The standard InChI is InChI=1S/C16H26N4O4/c1-16(2,3)24-12(21)10-11-6-8-20(9-7-11)13-17-14(22-4)19-15(18-13)23-5/h11H,6-10H2,1-5H3. The van der Waals surface area contributed by atoms with Crippen molar-refractivity contribution in [3.05, 3.63) is 0 Å². The summed E-state index contributed by atoms with van der Waals surface area (Å²) in [6.45, 7) is 7.19. The molecule has 1 aromatic rings. The van der Waals surface area contributed by atoms with E-state index >= 15 is 0 Å². The second-order valence-electron chi connectivity index (χ2n) is 6.83. The summed E-state index contributed by atoms with van der Waals surface area (Å²) >= 11 is 0. The fourth-order valence-corrected chi connectivity index (χ4v) is 2.61. The summed E-state index contributed by atoms with van der Waals surface area (Å²) < 4.78 is 15.6. The molecule has 8 nitrogen and oxygen atoms in total. The van der Waals surface area contributed by atoms with E-state index in [1.54, 1.807) is 0 Å². The van der Waals surface area contributed by atoms with E-state index in [9.17, 15) is 4.79 Å². The molecule has 0 saturated carbocycles.